The van der Waals surface area contributed by atoms with Crippen molar-refractivity contribution in [2.24, 2.45) is 5.10 Å². The second-order valence-electron chi connectivity index (χ2n) is 5.36. The van der Waals surface area contributed by atoms with Crippen LogP contribution in [0.2, 0.25) is 0 Å². The van der Waals surface area contributed by atoms with Gasteiger partial charge >= 0.3 is 0 Å². The highest BCUT2D eigenvalue weighted by atomic mass is 79.9. The number of hydrazone groups is 1. The van der Waals surface area contributed by atoms with E-state index < -0.39 is 0 Å². The molecule has 0 aliphatic heterocycles. The molecule has 5 nitrogen and oxygen atoms in total. The van der Waals surface area contributed by atoms with Gasteiger partial charge in [-0.1, -0.05) is 17.7 Å². The van der Waals surface area contributed by atoms with Gasteiger partial charge in [-0.15, -0.1) is 11.8 Å². The molecule has 0 saturated carbocycles. The quantitative estimate of drug-likeness (QED) is 0.417. The lowest BCUT2D eigenvalue weighted by Crippen LogP contribution is -2.26. The Morgan fingerprint density at radius 2 is 2.04 bits per heavy atom. The molecule has 132 valence electrons. The van der Waals surface area contributed by atoms with Crippen LogP contribution < -0.4 is 10.2 Å². The van der Waals surface area contributed by atoms with E-state index in [9.17, 15) is 9.90 Å². The number of carbonyl (C=O) groups is 1. The summed E-state index contributed by atoms with van der Waals surface area (Å²) in [6.07, 6.45) is 1.49. The first-order valence-corrected chi connectivity index (χ1v) is 9.20. The van der Waals surface area contributed by atoms with E-state index in [0.717, 1.165) is 4.90 Å². The predicted octanol–water partition coefficient (Wildman–Crippen LogP) is 4.10. The zero-order valence-electron chi connectivity index (χ0n) is 14.1. The number of ether oxygens (including phenoxy) is 1. The van der Waals surface area contributed by atoms with Gasteiger partial charge in [0.2, 0.25) is 0 Å². The van der Waals surface area contributed by atoms with Crippen molar-refractivity contribution in [1.82, 2.24) is 5.43 Å². The Morgan fingerprint density at radius 1 is 1.36 bits per heavy atom. The zero-order valence-corrected chi connectivity index (χ0v) is 16.5. The summed E-state index contributed by atoms with van der Waals surface area (Å²) in [4.78, 5) is 13.2. The van der Waals surface area contributed by atoms with Gasteiger partial charge in [0.05, 0.1) is 23.0 Å². The maximum atomic E-state index is 12.1. The van der Waals surface area contributed by atoms with Crippen molar-refractivity contribution in [2.75, 3.05) is 7.11 Å². The number of aromatic hydroxyl groups is 1. The molecule has 25 heavy (non-hydrogen) atoms. The van der Waals surface area contributed by atoms with E-state index in [4.69, 9.17) is 4.74 Å². The number of amides is 1. The van der Waals surface area contributed by atoms with Crippen molar-refractivity contribution in [3.8, 4) is 11.5 Å². The van der Waals surface area contributed by atoms with Crippen LogP contribution in [0.15, 0.2) is 50.9 Å². The number of nitrogens with zero attached hydrogens (tertiary/aromatic N) is 1. The topological polar surface area (TPSA) is 70.9 Å². The third-order valence-electron chi connectivity index (χ3n) is 3.36. The van der Waals surface area contributed by atoms with Gasteiger partial charge in [0.25, 0.3) is 5.91 Å². The van der Waals surface area contributed by atoms with Gasteiger partial charge in [-0.2, -0.15) is 5.10 Å². The maximum absolute atomic E-state index is 12.1. The standard InChI is InChI=1S/C18H19BrN2O3S/c1-11-4-6-14(7-5-11)25-12(2)18(23)21-20-10-13-8-15(19)17(22)16(9-13)24-3/h4-10,12,22H,1-3H3,(H,21,23)/b20-10-/t12-/m1/s1. The zero-order chi connectivity index (χ0) is 18.4. The van der Waals surface area contributed by atoms with Crippen LogP contribution in [0.1, 0.15) is 18.1 Å². The van der Waals surface area contributed by atoms with E-state index in [-0.39, 0.29) is 16.9 Å². The lowest BCUT2D eigenvalue weighted by atomic mass is 10.2. The average molecular weight is 423 g/mol. The Morgan fingerprint density at radius 3 is 2.68 bits per heavy atom. The van der Waals surface area contributed by atoms with Crippen molar-refractivity contribution in [3.05, 3.63) is 52.0 Å². The molecule has 0 saturated heterocycles. The van der Waals surface area contributed by atoms with E-state index in [1.54, 1.807) is 12.1 Å². The van der Waals surface area contributed by atoms with E-state index in [2.05, 4.69) is 26.5 Å². The third kappa shape index (κ3) is 5.51. The second kappa shape index (κ2) is 8.92. The van der Waals surface area contributed by atoms with Crippen LogP contribution in [0.25, 0.3) is 0 Å². The van der Waals surface area contributed by atoms with Crippen molar-refractivity contribution >= 4 is 39.8 Å². The van der Waals surface area contributed by atoms with Crippen LogP contribution in [0, 0.1) is 6.92 Å². The molecule has 0 unspecified atom stereocenters. The van der Waals surface area contributed by atoms with Gasteiger partial charge in [-0.3, -0.25) is 4.79 Å². The molecule has 0 bridgehead atoms. The van der Waals surface area contributed by atoms with E-state index >= 15 is 0 Å². The van der Waals surface area contributed by atoms with Gasteiger partial charge in [0.15, 0.2) is 11.5 Å². The lowest BCUT2D eigenvalue weighted by Gasteiger charge is -2.09. The summed E-state index contributed by atoms with van der Waals surface area (Å²) in [6, 6.07) is 11.3. The largest absolute Gasteiger partial charge is 0.503 e. The number of halogens is 1. The van der Waals surface area contributed by atoms with Crippen LogP contribution in [-0.2, 0) is 4.79 Å². The van der Waals surface area contributed by atoms with Crippen LogP contribution in [-0.4, -0.2) is 29.6 Å². The molecule has 0 aliphatic carbocycles. The normalized spacial score (nSPS) is 12.2. The molecule has 2 N–H and O–H groups in total. The highest BCUT2D eigenvalue weighted by Crippen LogP contribution is 2.34. The summed E-state index contributed by atoms with van der Waals surface area (Å²) >= 11 is 4.71. The van der Waals surface area contributed by atoms with Crippen LogP contribution in [0.5, 0.6) is 11.5 Å². The SMILES string of the molecule is COc1cc(/C=N\NC(=O)[C@@H](C)Sc2ccc(C)cc2)cc(Br)c1O. The van der Waals surface area contributed by atoms with Gasteiger partial charge in [0, 0.05) is 4.90 Å². The number of hydrogen-bond acceptors (Lipinski definition) is 5. The van der Waals surface area contributed by atoms with Crippen molar-refractivity contribution in [3.63, 3.8) is 0 Å². The summed E-state index contributed by atoms with van der Waals surface area (Å²) in [7, 11) is 1.47. The first kappa shape index (κ1) is 19.3. The molecule has 0 radical (unpaired) electrons. The molecule has 0 fully saturated rings. The average Bonchev–Trinajstić information content (AvgIpc) is 2.59. The summed E-state index contributed by atoms with van der Waals surface area (Å²) in [5.74, 6) is 0.156. The minimum absolute atomic E-state index is 0.0202. The van der Waals surface area contributed by atoms with Gasteiger partial charge in [-0.25, -0.2) is 5.43 Å². The van der Waals surface area contributed by atoms with Gasteiger partial charge in [0.1, 0.15) is 0 Å². The molecule has 2 rings (SSSR count). The molecule has 1 amide bonds. The minimum atomic E-state index is -0.277. The predicted molar refractivity (Wildman–Crippen MR) is 105 cm³/mol. The monoisotopic (exact) mass is 422 g/mol. The molecule has 0 heterocycles. The molecule has 2 aromatic carbocycles. The number of hydrogen-bond donors (Lipinski definition) is 2. The number of aryl methyl sites for hydroxylation is 1. The summed E-state index contributed by atoms with van der Waals surface area (Å²) < 4.78 is 5.56. The number of thioether (sulfide) groups is 1. The molecule has 1 atom stereocenters. The fourth-order valence-electron chi connectivity index (χ4n) is 1.96. The Balaban J connectivity index is 1.95. The summed E-state index contributed by atoms with van der Waals surface area (Å²) in [5, 5.41) is 13.5. The smallest absolute Gasteiger partial charge is 0.253 e. The molecule has 0 spiro atoms. The highest BCUT2D eigenvalue weighted by Gasteiger charge is 2.13. The highest BCUT2D eigenvalue weighted by molar-refractivity contribution is 9.10. The number of methoxy groups -OCH3 is 1. The first-order chi connectivity index (χ1) is 11.9. The number of phenols is 1. The van der Waals surface area contributed by atoms with E-state index in [1.807, 2.05) is 38.1 Å². The van der Waals surface area contributed by atoms with E-state index in [0.29, 0.717) is 15.8 Å². The number of phenolic OH excluding ortho intramolecular Hbond substituents is 1. The fraction of sp³-hybridized carbons (Fsp3) is 0.222. The Hall–Kier alpha value is -1.99. The van der Waals surface area contributed by atoms with E-state index in [1.165, 1.54) is 30.6 Å². The summed E-state index contributed by atoms with van der Waals surface area (Å²) in [6.45, 7) is 3.85. The molecule has 0 aromatic heterocycles. The second-order valence-corrected chi connectivity index (χ2v) is 7.63. The molecular weight excluding hydrogens is 404 g/mol. The number of rotatable bonds is 6. The third-order valence-corrected chi connectivity index (χ3v) is 5.08. The van der Waals surface area contributed by atoms with Crippen molar-refractivity contribution in [1.29, 1.82) is 0 Å². The Labute approximate surface area is 159 Å². The van der Waals surface area contributed by atoms with Crippen molar-refractivity contribution in [2.45, 2.75) is 24.0 Å². The molecule has 7 heteroatoms. The molecule has 2 aromatic rings. The van der Waals surface area contributed by atoms with Crippen LogP contribution in [0.3, 0.4) is 0 Å². The number of benzene rings is 2. The van der Waals surface area contributed by atoms with Crippen LogP contribution >= 0.6 is 27.7 Å². The fourth-order valence-corrected chi connectivity index (χ4v) is 3.28. The molecular formula is C18H19BrN2O3S. The Bertz CT molecular complexity index is 779. The number of nitrogens with one attached hydrogen (secondary N) is 1. The maximum Gasteiger partial charge on any atom is 0.253 e. The van der Waals surface area contributed by atoms with Gasteiger partial charge < -0.3 is 9.84 Å². The first-order valence-electron chi connectivity index (χ1n) is 7.53. The molecule has 0 aliphatic rings. The number of carbonyl (C=O) groups excluding carboxylic acids is 1. The van der Waals surface area contributed by atoms with Crippen molar-refractivity contribution < 1.29 is 14.6 Å². The van der Waals surface area contributed by atoms with Crippen LogP contribution in [0.4, 0.5) is 0 Å². The lowest BCUT2D eigenvalue weighted by molar-refractivity contribution is -0.120. The summed E-state index contributed by atoms with van der Waals surface area (Å²) in [5.41, 5.74) is 4.39. The Kier molecular flexibility index (Phi) is 6.90. The van der Waals surface area contributed by atoms with Gasteiger partial charge in [-0.05, 0) is 59.6 Å². The minimum Gasteiger partial charge on any atom is -0.503 e.